The van der Waals surface area contributed by atoms with Gasteiger partial charge in [0.25, 0.3) is 0 Å². The highest BCUT2D eigenvalue weighted by Gasteiger charge is 2.26. The molecule has 1 fully saturated rings. The van der Waals surface area contributed by atoms with Gasteiger partial charge < -0.3 is 4.57 Å². The first-order chi connectivity index (χ1) is 15.9. The van der Waals surface area contributed by atoms with Crippen molar-refractivity contribution in [1.29, 1.82) is 0 Å². The van der Waals surface area contributed by atoms with Gasteiger partial charge in [0.2, 0.25) is 10.0 Å². The lowest BCUT2D eigenvalue weighted by Gasteiger charge is -2.31. The number of piperidine rings is 1. The van der Waals surface area contributed by atoms with Crippen molar-refractivity contribution in [2.75, 3.05) is 13.1 Å². The number of benzene rings is 2. The fourth-order valence-corrected chi connectivity index (χ4v) is 6.32. The van der Waals surface area contributed by atoms with Gasteiger partial charge in [0.1, 0.15) is 5.82 Å². The molecule has 0 unspecified atom stereocenters. The van der Waals surface area contributed by atoms with Gasteiger partial charge in [-0.25, -0.2) is 23.5 Å². The third kappa shape index (κ3) is 4.68. The smallest absolute Gasteiger partial charge is 0.238 e. The molecule has 0 aliphatic carbocycles. The molecule has 1 saturated heterocycles. The van der Waals surface area contributed by atoms with Crippen LogP contribution in [-0.4, -0.2) is 40.9 Å². The lowest BCUT2D eigenvalue weighted by molar-refractivity contribution is 0.193. The summed E-state index contributed by atoms with van der Waals surface area (Å²) in [6, 6.07) is 13.3. The third-order valence-corrected chi connectivity index (χ3v) is 8.50. The standard InChI is InChI=1S/C24H29N5O2S2/c1-2-3-13-29-21-11-10-18(33(25,30)31)14-20(21)26-23(29)16-28-12-6-7-17(15-28)24-27-19-8-4-5-9-22(19)32-24/h4-5,8-11,14,17H,2-3,6-7,12-13,15-16H2,1H3,(H2,25,30,31)/t17-/m0/s1. The molecule has 2 aromatic carbocycles. The molecule has 1 atom stereocenters. The molecule has 9 heteroatoms. The van der Waals surface area contributed by atoms with Gasteiger partial charge >= 0.3 is 0 Å². The number of rotatable bonds is 7. The number of aromatic nitrogens is 3. The van der Waals surface area contributed by atoms with Gasteiger partial charge in [0.15, 0.2) is 0 Å². The molecule has 0 spiro atoms. The van der Waals surface area contributed by atoms with Crippen LogP contribution in [0.1, 0.15) is 49.4 Å². The molecule has 2 aromatic heterocycles. The normalized spacial score (nSPS) is 17.8. The number of fused-ring (bicyclic) bond motifs is 2. The van der Waals surface area contributed by atoms with E-state index in [1.807, 2.05) is 12.1 Å². The predicted molar refractivity (Wildman–Crippen MR) is 133 cm³/mol. The van der Waals surface area contributed by atoms with Crippen LogP contribution in [0.3, 0.4) is 0 Å². The highest BCUT2D eigenvalue weighted by molar-refractivity contribution is 7.89. The molecule has 0 amide bonds. The van der Waals surface area contributed by atoms with Gasteiger partial charge in [0, 0.05) is 19.0 Å². The molecular formula is C24H29N5O2S2. The SMILES string of the molecule is CCCCn1c(CN2CCC[C@H](c3nc4ccccc4s3)C2)nc2cc(S(N)(=O)=O)ccc21. The van der Waals surface area contributed by atoms with Gasteiger partial charge in [-0.15, -0.1) is 11.3 Å². The number of para-hydroxylation sites is 1. The second kappa shape index (κ2) is 9.13. The van der Waals surface area contributed by atoms with E-state index < -0.39 is 10.0 Å². The zero-order valence-electron chi connectivity index (χ0n) is 18.8. The Morgan fingerprint density at radius 1 is 1.15 bits per heavy atom. The van der Waals surface area contributed by atoms with Crippen LogP contribution < -0.4 is 5.14 Å². The van der Waals surface area contributed by atoms with Crippen LogP contribution in [0.2, 0.25) is 0 Å². The topological polar surface area (TPSA) is 94.1 Å². The fourth-order valence-electron chi connectivity index (χ4n) is 4.69. The number of imidazole rings is 1. The zero-order chi connectivity index (χ0) is 23.0. The van der Waals surface area contributed by atoms with E-state index in [-0.39, 0.29) is 4.90 Å². The molecule has 1 aliphatic rings. The minimum absolute atomic E-state index is 0.107. The molecule has 1 aliphatic heterocycles. The molecule has 174 valence electrons. The number of sulfonamides is 1. The minimum Gasteiger partial charge on any atom is -0.327 e. The molecular weight excluding hydrogens is 454 g/mol. The summed E-state index contributed by atoms with van der Waals surface area (Å²) in [6.45, 7) is 5.77. The van der Waals surface area contributed by atoms with Gasteiger partial charge in [0.05, 0.1) is 37.7 Å². The lowest BCUT2D eigenvalue weighted by atomic mass is 9.99. The van der Waals surface area contributed by atoms with Crippen LogP contribution in [0, 0.1) is 0 Å². The summed E-state index contributed by atoms with van der Waals surface area (Å²) in [4.78, 5) is 12.3. The number of hydrogen-bond acceptors (Lipinski definition) is 6. The van der Waals surface area contributed by atoms with Crippen molar-refractivity contribution in [2.45, 2.75) is 56.5 Å². The number of nitrogens with zero attached hydrogens (tertiary/aromatic N) is 4. The van der Waals surface area contributed by atoms with E-state index in [1.165, 1.54) is 9.71 Å². The number of nitrogens with two attached hydrogens (primary N) is 1. The van der Waals surface area contributed by atoms with Crippen LogP contribution in [0.5, 0.6) is 0 Å². The Bertz CT molecular complexity index is 1360. The Morgan fingerprint density at radius 2 is 2.00 bits per heavy atom. The van der Waals surface area contributed by atoms with Crippen molar-refractivity contribution in [3.8, 4) is 0 Å². The van der Waals surface area contributed by atoms with Crippen LogP contribution in [0.25, 0.3) is 21.3 Å². The van der Waals surface area contributed by atoms with E-state index in [2.05, 4.69) is 34.6 Å². The first kappa shape index (κ1) is 22.5. The fraction of sp³-hybridized carbons (Fsp3) is 0.417. The first-order valence-electron chi connectivity index (χ1n) is 11.5. The maximum Gasteiger partial charge on any atom is 0.238 e. The van der Waals surface area contributed by atoms with Crippen molar-refractivity contribution < 1.29 is 8.42 Å². The zero-order valence-corrected chi connectivity index (χ0v) is 20.4. The van der Waals surface area contributed by atoms with Crippen molar-refractivity contribution in [1.82, 2.24) is 19.4 Å². The van der Waals surface area contributed by atoms with E-state index in [1.54, 1.807) is 23.5 Å². The summed E-state index contributed by atoms with van der Waals surface area (Å²) in [6.07, 6.45) is 4.41. The maximum absolute atomic E-state index is 11.8. The van der Waals surface area contributed by atoms with Crippen LogP contribution in [-0.2, 0) is 23.1 Å². The minimum atomic E-state index is -3.76. The number of aryl methyl sites for hydroxylation is 1. The monoisotopic (exact) mass is 483 g/mol. The van der Waals surface area contributed by atoms with E-state index in [0.29, 0.717) is 11.4 Å². The van der Waals surface area contributed by atoms with E-state index in [0.717, 1.165) is 68.7 Å². The summed E-state index contributed by atoms with van der Waals surface area (Å²) in [7, 11) is -3.76. The Hall–Kier alpha value is -2.33. The number of primary sulfonamides is 1. The molecule has 5 rings (SSSR count). The van der Waals surface area contributed by atoms with Gasteiger partial charge in [-0.1, -0.05) is 25.5 Å². The number of hydrogen-bond donors (Lipinski definition) is 1. The van der Waals surface area contributed by atoms with Crippen molar-refractivity contribution in [2.24, 2.45) is 5.14 Å². The Kier molecular flexibility index (Phi) is 6.22. The molecule has 7 nitrogen and oxygen atoms in total. The Balaban J connectivity index is 1.42. The van der Waals surface area contributed by atoms with Crippen molar-refractivity contribution >= 4 is 42.6 Å². The first-order valence-corrected chi connectivity index (χ1v) is 13.9. The van der Waals surface area contributed by atoms with Crippen molar-refractivity contribution in [3.05, 3.63) is 53.3 Å². The largest absolute Gasteiger partial charge is 0.327 e. The highest BCUT2D eigenvalue weighted by Crippen LogP contribution is 2.33. The summed E-state index contributed by atoms with van der Waals surface area (Å²) in [5, 5.41) is 6.57. The summed E-state index contributed by atoms with van der Waals surface area (Å²) < 4.78 is 27.1. The van der Waals surface area contributed by atoms with Crippen LogP contribution in [0.15, 0.2) is 47.4 Å². The average Bonchev–Trinajstić information content (AvgIpc) is 3.38. The van der Waals surface area contributed by atoms with E-state index >= 15 is 0 Å². The quantitative estimate of drug-likeness (QED) is 0.418. The Labute approximate surface area is 198 Å². The van der Waals surface area contributed by atoms with Gasteiger partial charge in [-0.05, 0) is 56.1 Å². The lowest BCUT2D eigenvalue weighted by Crippen LogP contribution is -2.34. The molecule has 2 N–H and O–H groups in total. The number of unbranched alkanes of at least 4 members (excludes halogenated alkanes) is 1. The highest BCUT2D eigenvalue weighted by atomic mass is 32.2. The van der Waals surface area contributed by atoms with E-state index in [4.69, 9.17) is 15.1 Å². The van der Waals surface area contributed by atoms with Crippen LogP contribution >= 0.6 is 11.3 Å². The Morgan fingerprint density at radius 3 is 2.79 bits per heavy atom. The van der Waals surface area contributed by atoms with Gasteiger partial charge in [-0.2, -0.15) is 0 Å². The molecule has 3 heterocycles. The number of thiazole rings is 1. The molecule has 0 saturated carbocycles. The predicted octanol–water partition coefficient (Wildman–Crippen LogP) is 4.47. The maximum atomic E-state index is 11.8. The molecule has 0 bridgehead atoms. The molecule has 4 aromatic rings. The summed E-state index contributed by atoms with van der Waals surface area (Å²) in [5.41, 5.74) is 2.74. The summed E-state index contributed by atoms with van der Waals surface area (Å²) >= 11 is 1.81. The second-order valence-electron chi connectivity index (χ2n) is 8.82. The van der Waals surface area contributed by atoms with E-state index in [9.17, 15) is 8.42 Å². The molecule has 0 radical (unpaired) electrons. The van der Waals surface area contributed by atoms with Crippen molar-refractivity contribution in [3.63, 3.8) is 0 Å². The molecule has 33 heavy (non-hydrogen) atoms. The second-order valence-corrected chi connectivity index (χ2v) is 11.4. The van der Waals surface area contributed by atoms with Gasteiger partial charge in [-0.3, -0.25) is 4.90 Å². The van der Waals surface area contributed by atoms with Crippen LogP contribution in [0.4, 0.5) is 0 Å². The average molecular weight is 484 g/mol. The third-order valence-electron chi connectivity index (χ3n) is 6.39. The number of likely N-dealkylation sites (tertiary alicyclic amines) is 1. The summed E-state index contributed by atoms with van der Waals surface area (Å²) in [5.74, 6) is 1.41.